The lowest BCUT2D eigenvalue weighted by molar-refractivity contribution is -0.138. The van der Waals surface area contributed by atoms with E-state index in [4.69, 9.17) is 17.3 Å². The molecule has 2 aromatic rings. The monoisotopic (exact) mass is 291 g/mol. The lowest BCUT2D eigenvalue weighted by Crippen LogP contribution is -2.06. The molecule has 8 heteroatoms. The van der Waals surface area contributed by atoms with Crippen LogP contribution in [0, 0.1) is 0 Å². The number of halogens is 4. The maximum Gasteiger partial charge on any atom is 0.420 e. The quantitative estimate of drug-likeness (QED) is 0.849. The molecule has 19 heavy (non-hydrogen) atoms. The minimum atomic E-state index is -4.71. The second kappa shape index (κ2) is 4.34. The summed E-state index contributed by atoms with van der Waals surface area (Å²) < 4.78 is 39.6. The van der Waals surface area contributed by atoms with Crippen molar-refractivity contribution in [3.63, 3.8) is 0 Å². The Labute approximate surface area is 111 Å². The van der Waals surface area contributed by atoms with Crippen LogP contribution >= 0.6 is 11.6 Å². The average Bonchev–Trinajstić information content (AvgIpc) is 2.62. The van der Waals surface area contributed by atoms with Crippen LogP contribution in [0.2, 0.25) is 5.02 Å². The van der Waals surface area contributed by atoms with Crippen LogP contribution in [-0.2, 0) is 13.2 Å². The van der Waals surface area contributed by atoms with Crippen molar-refractivity contribution in [3.05, 3.63) is 28.9 Å². The van der Waals surface area contributed by atoms with Gasteiger partial charge in [-0.3, -0.25) is 4.68 Å². The van der Waals surface area contributed by atoms with E-state index in [1.165, 1.54) is 16.9 Å². The molecular formula is C11H9ClF3N3O. The molecule has 3 N–H and O–H groups in total. The second-order valence-electron chi connectivity index (χ2n) is 3.92. The molecule has 1 aromatic carbocycles. The number of aromatic nitrogens is 2. The first-order valence-corrected chi connectivity index (χ1v) is 5.47. The summed E-state index contributed by atoms with van der Waals surface area (Å²) in [6.45, 7) is 0. The Morgan fingerprint density at radius 1 is 1.37 bits per heavy atom. The lowest BCUT2D eigenvalue weighted by atomic mass is 10.0. The summed E-state index contributed by atoms with van der Waals surface area (Å²) in [5, 5.41) is 12.8. The Morgan fingerprint density at radius 2 is 2.00 bits per heavy atom. The van der Waals surface area contributed by atoms with Crippen molar-refractivity contribution in [1.82, 2.24) is 9.78 Å². The van der Waals surface area contributed by atoms with Gasteiger partial charge < -0.3 is 10.8 Å². The van der Waals surface area contributed by atoms with E-state index in [0.29, 0.717) is 5.56 Å². The maximum atomic E-state index is 12.8. The molecule has 1 heterocycles. The van der Waals surface area contributed by atoms with Crippen molar-refractivity contribution in [3.8, 4) is 16.9 Å². The molecule has 4 nitrogen and oxygen atoms in total. The third-order valence-corrected chi connectivity index (χ3v) is 2.95. The van der Waals surface area contributed by atoms with Crippen LogP contribution in [0.3, 0.4) is 0 Å². The summed E-state index contributed by atoms with van der Waals surface area (Å²) in [7, 11) is 1.56. The van der Waals surface area contributed by atoms with Gasteiger partial charge in [-0.25, -0.2) is 0 Å². The molecule has 0 saturated heterocycles. The molecule has 0 aliphatic rings. The molecule has 0 amide bonds. The SMILES string of the molecule is Cn1ncc(-c2cc(Cl)c(O)c(C(F)(F)F)c2)c1N. The molecule has 0 aliphatic carbocycles. The third-order valence-electron chi connectivity index (χ3n) is 2.66. The van der Waals surface area contributed by atoms with Crippen molar-refractivity contribution in [2.24, 2.45) is 7.05 Å². The highest BCUT2D eigenvalue weighted by Crippen LogP contribution is 2.42. The minimum Gasteiger partial charge on any atom is -0.506 e. The van der Waals surface area contributed by atoms with E-state index in [1.54, 1.807) is 7.05 Å². The maximum absolute atomic E-state index is 12.8. The van der Waals surface area contributed by atoms with Gasteiger partial charge in [0.1, 0.15) is 11.6 Å². The Bertz CT molecular complexity index is 637. The summed E-state index contributed by atoms with van der Waals surface area (Å²) in [5.41, 5.74) is 4.94. The molecule has 0 saturated carbocycles. The van der Waals surface area contributed by atoms with Gasteiger partial charge in [-0.05, 0) is 17.7 Å². The largest absolute Gasteiger partial charge is 0.506 e. The number of phenolic OH excluding ortho intramolecular Hbond substituents is 1. The number of hydrogen-bond donors (Lipinski definition) is 2. The fraction of sp³-hybridized carbons (Fsp3) is 0.182. The molecule has 1 aromatic heterocycles. The summed E-state index contributed by atoms with van der Waals surface area (Å²) >= 11 is 5.62. The van der Waals surface area contributed by atoms with E-state index in [2.05, 4.69) is 5.10 Å². The van der Waals surface area contributed by atoms with E-state index < -0.39 is 22.5 Å². The van der Waals surface area contributed by atoms with Crippen LogP contribution in [0.1, 0.15) is 5.56 Å². The van der Waals surface area contributed by atoms with Crippen molar-refractivity contribution in [1.29, 1.82) is 0 Å². The first-order valence-electron chi connectivity index (χ1n) is 5.09. The number of rotatable bonds is 1. The molecular weight excluding hydrogens is 283 g/mol. The van der Waals surface area contributed by atoms with Gasteiger partial charge in [-0.15, -0.1) is 0 Å². The molecule has 102 valence electrons. The molecule has 0 fully saturated rings. The second-order valence-corrected chi connectivity index (χ2v) is 4.33. The van der Waals surface area contributed by atoms with Crippen LogP contribution < -0.4 is 5.73 Å². The van der Waals surface area contributed by atoms with Gasteiger partial charge >= 0.3 is 6.18 Å². The predicted octanol–water partition coefficient (Wildman–Crippen LogP) is 3.05. The highest BCUT2D eigenvalue weighted by molar-refractivity contribution is 6.32. The number of aryl methyl sites for hydroxylation is 1. The third kappa shape index (κ3) is 2.33. The standard InChI is InChI=1S/C11H9ClF3N3O/c1-18-10(16)6(4-17-18)5-2-7(11(13,14)15)9(19)8(12)3-5/h2-4,19H,16H2,1H3. The van der Waals surface area contributed by atoms with Gasteiger partial charge in [0.2, 0.25) is 0 Å². The van der Waals surface area contributed by atoms with Crippen LogP contribution in [-0.4, -0.2) is 14.9 Å². The fourth-order valence-corrected chi connectivity index (χ4v) is 1.86. The van der Waals surface area contributed by atoms with E-state index in [1.807, 2.05) is 0 Å². The molecule has 0 atom stereocenters. The Morgan fingerprint density at radius 3 is 2.47 bits per heavy atom. The smallest absolute Gasteiger partial charge is 0.420 e. The lowest BCUT2D eigenvalue weighted by Gasteiger charge is -2.12. The minimum absolute atomic E-state index is 0.140. The van der Waals surface area contributed by atoms with Crippen molar-refractivity contribution in [2.45, 2.75) is 6.18 Å². The molecule has 0 unspecified atom stereocenters. The van der Waals surface area contributed by atoms with Gasteiger partial charge in [0.15, 0.2) is 0 Å². The van der Waals surface area contributed by atoms with Gasteiger partial charge in [0.05, 0.1) is 16.8 Å². The van der Waals surface area contributed by atoms with E-state index >= 15 is 0 Å². The van der Waals surface area contributed by atoms with Gasteiger partial charge in [-0.1, -0.05) is 11.6 Å². The molecule has 0 bridgehead atoms. The zero-order valence-corrected chi connectivity index (χ0v) is 10.4. The number of nitrogens with two attached hydrogens (primary N) is 1. The summed E-state index contributed by atoms with van der Waals surface area (Å²) in [5.74, 6) is -0.796. The number of benzene rings is 1. The number of aromatic hydroxyl groups is 1. The summed E-state index contributed by atoms with van der Waals surface area (Å²) in [6, 6.07) is 1.99. The zero-order chi connectivity index (χ0) is 14.4. The van der Waals surface area contributed by atoms with Crippen molar-refractivity contribution >= 4 is 17.4 Å². The molecule has 0 radical (unpaired) electrons. The van der Waals surface area contributed by atoms with Crippen LogP contribution in [0.4, 0.5) is 19.0 Å². The number of anilines is 1. The van der Waals surface area contributed by atoms with Gasteiger partial charge in [-0.2, -0.15) is 18.3 Å². The first-order chi connectivity index (χ1) is 8.71. The fourth-order valence-electron chi connectivity index (χ4n) is 1.64. The molecule has 2 rings (SSSR count). The number of phenols is 1. The summed E-state index contributed by atoms with van der Waals surface area (Å²) in [4.78, 5) is 0. The number of nitrogen functional groups attached to an aromatic ring is 1. The zero-order valence-electron chi connectivity index (χ0n) is 9.66. The number of alkyl halides is 3. The van der Waals surface area contributed by atoms with Crippen LogP contribution in [0.25, 0.3) is 11.1 Å². The topological polar surface area (TPSA) is 64.1 Å². The van der Waals surface area contributed by atoms with Gasteiger partial charge in [0.25, 0.3) is 0 Å². The van der Waals surface area contributed by atoms with E-state index in [0.717, 1.165) is 6.07 Å². The Balaban J connectivity index is 2.67. The number of nitrogens with zero attached hydrogens (tertiary/aromatic N) is 2. The van der Waals surface area contributed by atoms with E-state index in [9.17, 15) is 18.3 Å². The Hall–Kier alpha value is -1.89. The average molecular weight is 292 g/mol. The van der Waals surface area contributed by atoms with Crippen LogP contribution in [0.15, 0.2) is 18.3 Å². The highest BCUT2D eigenvalue weighted by atomic mass is 35.5. The van der Waals surface area contributed by atoms with E-state index in [-0.39, 0.29) is 11.4 Å². The van der Waals surface area contributed by atoms with Crippen molar-refractivity contribution < 1.29 is 18.3 Å². The first kappa shape index (κ1) is 13.5. The number of hydrogen-bond acceptors (Lipinski definition) is 3. The Kier molecular flexibility index (Phi) is 3.09. The summed E-state index contributed by atoms with van der Waals surface area (Å²) in [6.07, 6.45) is -3.38. The predicted molar refractivity (Wildman–Crippen MR) is 64.7 cm³/mol. The normalized spacial score (nSPS) is 11.8. The van der Waals surface area contributed by atoms with Crippen molar-refractivity contribution in [2.75, 3.05) is 5.73 Å². The van der Waals surface area contributed by atoms with Gasteiger partial charge in [0, 0.05) is 12.6 Å². The highest BCUT2D eigenvalue weighted by Gasteiger charge is 2.35. The molecule has 0 spiro atoms. The molecule has 0 aliphatic heterocycles. The van der Waals surface area contributed by atoms with Crippen LogP contribution in [0.5, 0.6) is 5.75 Å².